The van der Waals surface area contributed by atoms with Gasteiger partial charge in [0.15, 0.2) is 0 Å². The molecule has 0 aromatic heterocycles. The highest BCUT2D eigenvalue weighted by Gasteiger charge is 2.34. The average molecular weight is 201 g/mol. The molecule has 2 heteroatoms. The minimum atomic E-state index is 0.352. The molecule has 1 heterocycles. The van der Waals surface area contributed by atoms with Gasteiger partial charge in [0.05, 0.1) is 0 Å². The Morgan fingerprint density at radius 2 is 2.00 bits per heavy atom. The summed E-state index contributed by atoms with van der Waals surface area (Å²) >= 11 is 4.40. The summed E-state index contributed by atoms with van der Waals surface area (Å²) in [4.78, 5) is 2.61. The van der Waals surface area contributed by atoms with Crippen LogP contribution in [0.5, 0.6) is 0 Å². The van der Waals surface area contributed by atoms with Gasteiger partial charge in [-0.3, -0.25) is 4.90 Å². The summed E-state index contributed by atoms with van der Waals surface area (Å²) in [6.45, 7) is 11.8. The highest BCUT2D eigenvalue weighted by molar-refractivity contribution is 7.80. The van der Waals surface area contributed by atoms with Crippen molar-refractivity contribution in [2.45, 2.75) is 46.1 Å². The lowest BCUT2D eigenvalue weighted by Gasteiger charge is -2.37. The van der Waals surface area contributed by atoms with Gasteiger partial charge < -0.3 is 0 Å². The molecular weight excluding hydrogens is 178 g/mol. The van der Waals surface area contributed by atoms with Crippen LogP contribution in [0.1, 0.15) is 40.5 Å². The fourth-order valence-corrected chi connectivity index (χ4v) is 2.12. The summed E-state index contributed by atoms with van der Waals surface area (Å²) in [7, 11) is 0. The number of likely N-dealkylation sites (tertiary alicyclic amines) is 1. The first-order chi connectivity index (χ1) is 5.87. The minimum absolute atomic E-state index is 0.352. The first-order valence-electron chi connectivity index (χ1n) is 5.23. The fourth-order valence-electron chi connectivity index (χ4n) is 2.02. The van der Waals surface area contributed by atoms with E-state index in [-0.39, 0.29) is 0 Å². The maximum Gasteiger partial charge on any atom is 0.0153 e. The van der Waals surface area contributed by atoms with Crippen molar-refractivity contribution in [3.8, 4) is 0 Å². The van der Waals surface area contributed by atoms with Gasteiger partial charge >= 0.3 is 0 Å². The normalized spacial score (nSPS) is 23.8. The molecule has 0 spiro atoms. The standard InChI is InChI=1S/C11H23NS/c1-10(2,9-13)8-12-7-5-6-11(12,3)4/h13H,5-9H2,1-4H3. The van der Waals surface area contributed by atoms with E-state index in [1.165, 1.54) is 25.9 Å². The molecule has 1 aliphatic rings. The van der Waals surface area contributed by atoms with E-state index in [2.05, 4.69) is 45.2 Å². The zero-order chi connectivity index (χ0) is 10.1. The van der Waals surface area contributed by atoms with Gasteiger partial charge in [0, 0.05) is 12.1 Å². The Bertz CT molecular complexity index is 175. The average Bonchev–Trinajstić information content (AvgIpc) is 2.31. The summed E-state index contributed by atoms with van der Waals surface area (Å²) in [6.07, 6.45) is 2.70. The molecule has 78 valence electrons. The number of rotatable bonds is 3. The molecule has 0 N–H and O–H groups in total. The second-order valence-corrected chi connectivity index (χ2v) is 5.98. The van der Waals surface area contributed by atoms with E-state index < -0.39 is 0 Å². The minimum Gasteiger partial charge on any atom is -0.298 e. The number of thiol groups is 1. The van der Waals surface area contributed by atoms with E-state index in [0.717, 1.165) is 5.75 Å². The molecule has 0 saturated carbocycles. The first kappa shape index (κ1) is 11.4. The van der Waals surface area contributed by atoms with Gasteiger partial charge in [-0.1, -0.05) is 13.8 Å². The molecule has 1 rings (SSSR count). The molecule has 1 fully saturated rings. The van der Waals surface area contributed by atoms with Crippen LogP contribution < -0.4 is 0 Å². The van der Waals surface area contributed by atoms with Crippen molar-refractivity contribution in [1.82, 2.24) is 4.90 Å². The fraction of sp³-hybridized carbons (Fsp3) is 1.00. The lowest BCUT2D eigenvalue weighted by atomic mass is 9.93. The molecule has 1 nitrogen and oxygen atoms in total. The van der Waals surface area contributed by atoms with Crippen LogP contribution in [-0.2, 0) is 0 Å². The highest BCUT2D eigenvalue weighted by atomic mass is 32.1. The summed E-state index contributed by atoms with van der Waals surface area (Å²) in [5.41, 5.74) is 0.769. The Morgan fingerprint density at radius 3 is 2.38 bits per heavy atom. The van der Waals surface area contributed by atoms with Gasteiger partial charge in [-0.05, 0) is 44.4 Å². The van der Waals surface area contributed by atoms with Crippen LogP contribution in [0.15, 0.2) is 0 Å². The van der Waals surface area contributed by atoms with Gasteiger partial charge in [-0.15, -0.1) is 0 Å². The second-order valence-electron chi connectivity index (χ2n) is 5.66. The summed E-state index contributed by atoms with van der Waals surface area (Å²) in [5.74, 6) is 0.972. The largest absolute Gasteiger partial charge is 0.298 e. The van der Waals surface area contributed by atoms with Gasteiger partial charge in [-0.25, -0.2) is 0 Å². The van der Waals surface area contributed by atoms with Gasteiger partial charge in [0.25, 0.3) is 0 Å². The van der Waals surface area contributed by atoms with Gasteiger partial charge in [0.2, 0.25) is 0 Å². The van der Waals surface area contributed by atoms with Gasteiger partial charge in [0.1, 0.15) is 0 Å². The van der Waals surface area contributed by atoms with E-state index in [1.54, 1.807) is 0 Å². The van der Waals surface area contributed by atoms with Crippen LogP contribution in [0.25, 0.3) is 0 Å². The quantitative estimate of drug-likeness (QED) is 0.687. The van der Waals surface area contributed by atoms with Crippen LogP contribution in [0.4, 0.5) is 0 Å². The van der Waals surface area contributed by atoms with Crippen LogP contribution in [-0.4, -0.2) is 29.3 Å². The molecule has 0 atom stereocenters. The smallest absolute Gasteiger partial charge is 0.0153 e. The maximum absolute atomic E-state index is 4.40. The van der Waals surface area contributed by atoms with Crippen molar-refractivity contribution >= 4 is 12.6 Å². The number of nitrogens with zero attached hydrogens (tertiary/aromatic N) is 1. The van der Waals surface area contributed by atoms with E-state index in [4.69, 9.17) is 0 Å². The molecule has 0 bridgehead atoms. The van der Waals surface area contributed by atoms with Crippen molar-refractivity contribution in [3.05, 3.63) is 0 Å². The Kier molecular flexibility index (Phi) is 3.34. The topological polar surface area (TPSA) is 3.24 Å². The van der Waals surface area contributed by atoms with Crippen LogP contribution in [0, 0.1) is 5.41 Å². The van der Waals surface area contributed by atoms with Crippen molar-refractivity contribution in [2.24, 2.45) is 5.41 Å². The van der Waals surface area contributed by atoms with Crippen LogP contribution >= 0.6 is 12.6 Å². The molecule has 0 aliphatic carbocycles. The zero-order valence-electron chi connectivity index (χ0n) is 9.43. The van der Waals surface area contributed by atoms with Crippen molar-refractivity contribution in [1.29, 1.82) is 0 Å². The molecule has 0 radical (unpaired) electrons. The highest BCUT2D eigenvalue weighted by Crippen LogP contribution is 2.31. The molecular formula is C11H23NS. The SMILES string of the molecule is CC(C)(CS)CN1CCCC1(C)C. The summed E-state index contributed by atoms with van der Waals surface area (Å²) < 4.78 is 0. The number of hydrogen-bond donors (Lipinski definition) is 1. The molecule has 0 unspecified atom stereocenters. The number of hydrogen-bond acceptors (Lipinski definition) is 2. The van der Waals surface area contributed by atoms with Crippen molar-refractivity contribution in [3.63, 3.8) is 0 Å². The van der Waals surface area contributed by atoms with E-state index >= 15 is 0 Å². The third-order valence-corrected chi connectivity index (χ3v) is 3.98. The maximum atomic E-state index is 4.40. The third-order valence-electron chi connectivity index (χ3n) is 3.12. The Morgan fingerprint density at radius 1 is 1.38 bits per heavy atom. The molecule has 1 aliphatic heterocycles. The lowest BCUT2D eigenvalue weighted by Crippen LogP contribution is -2.44. The zero-order valence-corrected chi connectivity index (χ0v) is 10.3. The molecule has 1 saturated heterocycles. The summed E-state index contributed by atoms with van der Waals surface area (Å²) in [6, 6.07) is 0. The summed E-state index contributed by atoms with van der Waals surface area (Å²) in [5, 5.41) is 0. The van der Waals surface area contributed by atoms with E-state index in [9.17, 15) is 0 Å². The Balaban J connectivity index is 2.54. The molecule has 13 heavy (non-hydrogen) atoms. The van der Waals surface area contributed by atoms with E-state index in [1.807, 2.05) is 0 Å². The van der Waals surface area contributed by atoms with E-state index in [0.29, 0.717) is 11.0 Å². The first-order valence-corrected chi connectivity index (χ1v) is 5.87. The van der Waals surface area contributed by atoms with Crippen molar-refractivity contribution < 1.29 is 0 Å². The van der Waals surface area contributed by atoms with Crippen LogP contribution in [0.2, 0.25) is 0 Å². The van der Waals surface area contributed by atoms with Crippen LogP contribution in [0.3, 0.4) is 0 Å². The predicted molar refractivity (Wildman–Crippen MR) is 62.5 cm³/mol. The van der Waals surface area contributed by atoms with Gasteiger partial charge in [-0.2, -0.15) is 12.6 Å². The monoisotopic (exact) mass is 201 g/mol. The molecule has 0 aromatic rings. The lowest BCUT2D eigenvalue weighted by molar-refractivity contribution is 0.124. The molecule has 0 amide bonds. The van der Waals surface area contributed by atoms with Crippen molar-refractivity contribution in [2.75, 3.05) is 18.8 Å². The predicted octanol–water partition coefficient (Wildman–Crippen LogP) is 2.82. The molecule has 0 aromatic carbocycles. The third kappa shape index (κ3) is 2.88. The Hall–Kier alpha value is 0.310. The second kappa shape index (κ2) is 3.82. The Labute approximate surface area is 88.3 Å².